The minimum atomic E-state index is -0.783. The van der Waals surface area contributed by atoms with Crippen molar-refractivity contribution in [2.24, 2.45) is 0 Å². The molecule has 3 N–H and O–H groups in total. The minimum absolute atomic E-state index is 0.180. The number of carboxylic acid groups (broad SMARTS) is 1. The van der Waals surface area contributed by atoms with Gasteiger partial charge in [-0.2, -0.15) is 0 Å². The van der Waals surface area contributed by atoms with Crippen molar-refractivity contribution in [2.45, 2.75) is 52.1 Å². The number of nitrogens with one attached hydrogen (secondary N) is 2. The Morgan fingerprint density at radius 3 is 2.35 bits per heavy atom. The fourth-order valence-electron chi connectivity index (χ4n) is 1.02. The maximum absolute atomic E-state index is 11.2. The highest BCUT2D eigenvalue weighted by Gasteiger charge is 2.12. The van der Waals surface area contributed by atoms with Crippen molar-refractivity contribution >= 4 is 12.0 Å². The summed E-state index contributed by atoms with van der Waals surface area (Å²) >= 11 is 0. The van der Waals surface area contributed by atoms with Crippen molar-refractivity contribution in [1.82, 2.24) is 10.8 Å². The summed E-state index contributed by atoms with van der Waals surface area (Å²) in [5.41, 5.74) is 1.87. The van der Waals surface area contributed by atoms with Gasteiger partial charge in [-0.3, -0.25) is 9.63 Å². The van der Waals surface area contributed by atoms with Crippen LogP contribution in [0.3, 0.4) is 0 Å². The van der Waals surface area contributed by atoms with Gasteiger partial charge >= 0.3 is 12.0 Å². The maximum atomic E-state index is 11.2. The molecule has 0 spiro atoms. The fraction of sp³-hybridized carbons (Fsp3) is 0.818. The SMILES string of the molecule is CC(C)(C)ONC(=O)NCCCCCC(=O)O. The van der Waals surface area contributed by atoms with Crippen LogP contribution in [0.1, 0.15) is 46.5 Å². The summed E-state index contributed by atoms with van der Waals surface area (Å²) in [7, 11) is 0. The Labute approximate surface area is 102 Å². The minimum Gasteiger partial charge on any atom is -0.481 e. The van der Waals surface area contributed by atoms with Crippen molar-refractivity contribution in [3.05, 3.63) is 0 Å². The third-order valence-electron chi connectivity index (χ3n) is 1.80. The molecule has 0 saturated heterocycles. The van der Waals surface area contributed by atoms with E-state index in [1.807, 2.05) is 20.8 Å². The molecule has 0 aromatic rings. The van der Waals surface area contributed by atoms with E-state index in [0.717, 1.165) is 12.8 Å². The number of rotatable bonds is 7. The average Bonchev–Trinajstić information content (AvgIpc) is 2.19. The van der Waals surface area contributed by atoms with Gasteiger partial charge in [0.2, 0.25) is 0 Å². The molecule has 0 radical (unpaired) electrons. The second-order valence-corrected chi connectivity index (χ2v) is 4.78. The zero-order chi connectivity index (χ0) is 13.3. The van der Waals surface area contributed by atoms with Crippen LogP contribution in [0, 0.1) is 0 Å². The van der Waals surface area contributed by atoms with Gasteiger partial charge in [0.1, 0.15) is 0 Å². The number of hydroxylamine groups is 1. The second-order valence-electron chi connectivity index (χ2n) is 4.78. The average molecular weight is 246 g/mol. The number of unbranched alkanes of at least 4 members (excludes halogenated alkanes) is 2. The summed E-state index contributed by atoms with van der Waals surface area (Å²) < 4.78 is 0. The summed E-state index contributed by atoms with van der Waals surface area (Å²) in [6.45, 7) is 6.01. The lowest BCUT2D eigenvalue weighted by atomic mass is 10.2. The normalized spacial score (nSPS) is 11.0. The largest absolute Gasteiger partial charge is 0.481 e. The Kier molecular flexibility index (Phi) is 7.29. The Morgan fingerprint density at radius 2 is 1.82 bits per heavy atom. The van der Waals surface area contributed by atoms with E-state index in [9.17, 15) is 9.59 Å². The van der Waals surface area contributed by atoms with Crippen LogP contribution in [0.25, 0.3) is 0 Å². The molecule has 0 saturated carbocycles. The smallest absolute Gasteiger partial charge is 0.338 e. The van der Waals surface area contributed by atoms with Crippen molar-refractivity contribution in [1.29, 1.82) is 0 Å². The first-order chi connectivity index (χ1) is 7.81. The molecule has 0 aromatic carbocycles. The molecule has 0 aliphatic heterocycles. The van der Waals surface area contributed by atoms with Crippen LogP contribution in [0.5, 0.6) is 0 Å². The van der Waals surface area contributed by atoms with Gasteiger partial charge in [-0.25, -0.2) is 10.3 Å². The van der Waals surface area contributed by atoms with Crippen molar-refractivity contribution in [2.75, 3.05) is 6.54 Å². The quantitative estimate of drug-likeness (QED) is 0.471. The molecule has 0 heterocycles. The molecule has 0 rings (SSSR count). The number of aliphatic carboxylic acids is 1. The van der Waals surface area contributed by atoms with Crippen LogP contribution in [0.2, 0.25) is 0 Å². The molecule has 6 nitrogen and oxygen atoms in total. The predicted octanol–water partition coefficient (Wildman–Crippen LogP) is 1.66. The highest BCUT2D eigenvalue weighted by Crippen LogP contribution is 2.03. The van der Waals surface area contributed by atoms with Crippen LogP contribution in [-0.4, -0.2) is 29.3 Å². The molecule has 0 aromatic heterocycles. The predicted molar refractivity (Wildman–Crippen MR) is 63.5 cm³/mol. The topological polar surface area (TPSA) is 87.7 Å². The lowest BCUT2D eigenvalue weighted by molar-refractivity contribution is -0.137. The van der Waals surface area contributed by atoms with Crippen LogP contribution in [0.4, 0.5) is 4.79 Å². The number of amides is 2. The number of urea groups is 1. The third-order valence-corrected chi connectivity index (χ3v) is 1.80. The van der Waals surface area contributed by atoms with Crippen LogP contribution >= 0.6 is 0 Å². The lowest BCUT2D eigenvalue weighted by Gasteiger charge is -2.19. The Bertz CT molecular complexity index is 248. The van der Waals surface area contributed by atoms with Crippen LogP contribution < -0.4 is 10.8 Å². The highest BCUT2D eigenvalue weighted by molar-refractivity contribution is 5.72. The third kappa shape index (κ3) is 12.6. The molecule has 17 heavy (non-hydrogen) atoms. The van der Waals surface area contributed by atoms with Gasteiger partial charge in [-0.05, 0) is 33.6 Å². The molecule has 0 bridgehead atoms. The van der Waals surface area contributed by atoms with Crippen molar-refractivity contribution < 1.29 is 19.5 Å². The highest BCUT2D eigenvalue weighted by atomic mass is 16.7. The van der Waals surface area contributed by atoms with Crippen molar-refractivity contribution in [3.63, 3.8) is 0 Å². The fourth-order valence-corrected chi connectivity index (χ4v) is 1.02. The van der Waals surface area contributed by atoms with Gasteiger partial charge in [0.25, 0.3) is 0 Å². The van der Waals surface area contributed by atoms with Crippen molar-refractivity contribution in [3.8, 4) is 0 Å². The molecule has 100 valence electrons. The van der Waals surface area contributed by atoms with E-state index in [1.54, 1.807) is 0 Å². The zero-order valence-corrected chi connectivity index (χ0v) is 10.7. The summed E-state index contributed by atoms with van der Waals surface area (Å²) in [5.74, 6) is -0.783. The standard InChI is InChI=1S/C11H22N2O4/c1-11(2,3)17-13-10(16)12-8-6-4-5-7-9(14)15/h4-8H2,1-3H3,(H,14,15)(H2,12,13,16). The summed E-state index contributed by atoms with van der Waals surface area (Å²) in [4.78, 5) is 26.5. The van der Waals surface area contributed by atoms with E-state index < -0.39 is 11.6 Å². The maximum Gasteiger partial charge on any atom is 0.338 e. The van der Waals surface area contributed by atoms with Gasteiger partial charge < -0.3 is 10.4 Å². The molecule has 0 unspecified atom stereocenters. The zero-order valence-electron chi connectivity index (χ0n) is 10.7. The first-order valence-electron chi connectivity index (χ1n) is 5.75. The monoisotopic (exact) mass is 246 g/mol. The van der Waals surface area contributed by atoms with Gasteiger partial charge in [-0.15, -0.1) is 0 Å². The molecule has 0 fully saturated rings. The van der Waals surface area contributed by atoms with E-state index >= 15 is 0 Å². The first-order valence-corrected chi connectivity index (χ1v) is 5.75. The van der Waals surface area contributed by atoms with E-state index in [4.69, 9.17) is 9.94 Å². The molecule has 6 heteroatoms. The van der Waals surface area contributed by atoms with Gasteiger partial charge in [0.05, 0.1) is 5.60 Å². The van der Waals surface area contributed by atoms with Crippen LogP contribution in [0.15, 0.2) is 0 Å². The number of hydrogen-bond donors (Lipinski definition) is 3. The van der Waals surface area contributed by atoms with Gasteiger partial charge in [-0.1, -0.05) is 6.42 Å². The van der Waals surface area contributed by atoms with E-state index in [2.05, 4.69) is 10.8 Å². The molecule has 2 amide bonds. The summed E-state index contributed by atoms with van der Waals surface area (Å²) in [6.07, 6.45) is 2.36. The van der Waals surface area contributed by atoms with Gasteiger partial charge in [0.15, 0.2) is 0 Å². The lowest BCUT2D eigenvalue weighted by Crippen LogP contribution is -2.40. The number of hydrogen-bond acceptors (Lipinski definition) is 3. The molecule has 0 aliphatic carbocycles. The van der Waals surface area contributed by atoms with E-state index in [0.29, 0.717) is 13.0 Å². The Balaban J connectivity index is 3.37. The molecule has 0 aliphatic rings. The van der Waals surface area contributed by atoms with Gasteiger partial charge in [0, 0.05) is 13.0 Å². The number of carbonyl (C=O) groups is 2. The number of carboxylic acids is 1. The molecule has 0 atom stereocenters. The van der Waals surface area contributed by atoms with E-state index in [-0.39, 0.29) is 12.5 Å². The van der Waals surface area contributed by atoms with E-state index in [1.165, 1.54) is 0 Å². The number of carbonyl (C=O) groups excluding carboxylic acids is 1. The first kappa shape index (κ1) is 15.7. The summed E-state index contributed by atoms with van der Waals surface area (Å²) in [5, 5.41) is 11.0. The second kappa shape index (κ2) is 7.89. The Morgan fingerprint density at radius 1 is 1.18 bits per heavy atom. The van der Waals surface area contributed by atoms with Crippen LogP contribution in [-0.2, 0) is 9.63 Å². The Hall–Kier alpha value is -1.30. The molecular formula is C11H22N2O4. The molecular weight excluding hydrogens is 224 g/mol. The summed E-state index contributed by atoms with van der Waals surface area (Å²) in [6, 6.07) is -0.377.